The van der Waals surface area contributed by atoms with Crippen LogP contribution in [0.2, 0.25) is 0 Å². The fraction of sp³-hybridized carbons (Fsp3) is 0.417. The van der Waals surface area contributed by atoms with Crippen LogP contribution in [0.3, 0.4) is 0 Å². The molecule has 1 aromatic carbocycles. The van der Waals surface area contributed by atoms with Gasteiger partial charge in [-0.2, -0.15) is 0 Å². The molecule has 3 N–H and O–H groups in total. The summed E-state index contributed by atoms with van der Waals surface area (Å²) in [4.78, 5) is 11.3. The number of hydrogen-bond donors (Lipinski definition) is 2. The van der Waals surface area contributed by atoms with Crippen LogP contribution >= 0.6 is 0 Å². The van der Waals surface area contributed by atoms with E-state index in [0.29, 0.717) is 0 Å². The van der Waals surface area contributed by atoms with Crippen LogP contribution in [0.4, 0.5) is 4.39 Å². The van der Waals surface area contributed by atoms with Gasteiger partial charge in [0, 0.05) is 19.0 Å². The minimum absolute atomic E-state index is 0.00522. The molecular weight excluding hydrogens is 271 g/mol. The Morgan fingerprint density at radius 1 is 1.37 bits per heavy atom. The van der Waals surface area contributed by atoms with E-state index in [1.54, 1.807) is 6.92 Å². The van der Waals surface area contributed by atoms with Crippen molar-refractivity contribution in [2.45, 2.75) is 24.3 Å². The van der Waals surface area contributed by atoms with Crippen molar-refractivity contribution in [1.82, 2.24) is 5.32 Å². The molecule has 0 radical (unpaired) electrons. The number of sulfone groups is 1. The van der Waals surface area contributed by atoms with Gasteiger partial charge in [-0.1, -0.05) is 0 Å². The van der Waals surface area contributed by atoms with Crippen LogP contribution in [-0.2, 0) is 14.6 Å². The van der Waals surface area contributed by atoms with Crippen LogP contribution in [0.5, 0.6) is 0 Å². The fourth-order valence-electron chi connectivity index (χ4n) is 1.45. The van der Waals surface area contributed by atoms with Crippen molar-refractivity contribution in [3.05, 3.63) is 30.1 Å². The lowest BCUT2D eigenvalue weighted by molar-refractivity contribution is -0.121. The smallest absolute Gasteiger partial charge is 0.221 e. The van der Waals surface area contributed by atoms with Crippen LogP contribution < -0.4 is 11.1 Å². The second kappa shape index (κ2) is 6.63. The number of benzene rings is 1. The third-order valence-corrected chi connectivity index (χ3v) is 4.11. The molecule has 5 nitrogen and oxygen atoms in total. The Morgan fingerprint density at radius 2 is 1.95 bits per heavy atom. The number of nitrogens with one attached hydrogen (secondary N) is 1. The highest BCUT2D eigenvalue weighted by Crippen LogP contribution is 2.11. The number of carbonyl (C=O) groups is 1. The lowest BCUT2D eigenvalue weighted by Crippen LogP contribution is -2.33. The van der Waals surface area contributed by atoms with Crippen molar-refractivity contribution in [3.8, 4) is 0 Å². The van der Waals surface area contributed by atoms with E-state index in [1.807, 2.05) is 0 Å². The topological polar surface area (TPSA) is 89.3 Å². The summed E-state index contributed by atoms with van der Waals surface area (Å²) in [6.45, 7) is 1.69. The highest BCUT2D eigenvalue weighted by atomic mass is 32.2. The Balaban J connectivity index is 2.52. The van der Waals surface area contributed by atoms with Gasteiger partial charge in [-0.05, 0) is 31.2 Å². The van der Waals surface area contributed by atoms with Crippen molar-refractivity contribution in [3.63, 3.8) is 0 Å². The predicted octanol–water partition coefficient (Wildman–Crippen LogP) is 0.453. The molecular formula is C12H17FN2O3S. The maximum absolute atomic E-state index is 12.7. The van der Waals surface area contributed by atoms with E-state index < -0.39 is 15.7 Å². The number of amides is 1. The molecule has 0 spiro atoms. The molecule has 0 heterocycles. The maximum atomic E-state index is 12.7. The van der Waals surface area contributed by atoms with Crippen LogP contribution in [-0.4, -0.2) is 32.7 Å². The van der Waals surface area contributed by atoms with Crippen LogP contribution in [0, 0.1) is 5.82 Å². The molecule has 0 aliphatic rings. The average molecular weight is 288 g/mol. The van der Waals surface area contributed by atoms with Gasteiger partial charge in [0.1, 0.15) is 5.82 Å². The van der Waals surface area contributed by atoms with Crippen molar-refractivity contribution in [2.24, 2.45) is 5.73 Å². The molecule has 1 atom stereocenters. The molecule has 7 heteroatoms. The Labute approximate surface area is 111 Å². The average Bonchev–Trinajstić information content (AvgIpc) is 2.28. The van der Waals surface area contributed by atoms with E-state index in [2.05, 4.69) is 5.32 Å². The summed E-state index contributed by atoms with van der Waals surface area (Å²) in [6, 6.07) is 4.31. The maximum Gasteiger partial charge on any atom is 0.221 e. The monoisotopic (exact) mass is 288 g/mol. The van der Waals surface area contributed by atoms with Gasteiger partial charge in [-0.3, -0.25) is 4.79 Å². The number of carbonyl (C=O) groups excluding carboxylic acids is 1. The normalized spacial score (nSPS) is 13.0. The lowest BCUT2D eigenvalue weighted by Gasteiger charge is -2.08. The van der Waals surface area contributed by atoms with Crippen molar-refractivity contribution in [2.75, 3.05) is 12.3 Å². The van der Waals surface area contributed by atoms with Gasteiger partial charge in [0.25, 0.3) is 0 Å². The molecule has 1 amide bonds. The lowest BCUT2D eigenvalue weighted by atomic mass is 10.2. The van der Waals surface area contributed by atoms with Gasteiger partial charge in [0.15, 0.2) is 9.84 Å². The molecule has 0 saturated heterocycles. The predicted molar refractivity (Wildman–Crippen MR) is 69.7 cm³/mol. The molecule has 0 aromatic heterocycles. The highest BCUT2D eigenvalue weighted by molar-refractivity contribution is 7.91. The number of hydrogen-bond acceptors (Lipinski definition) is 4. The second-order valence-electron chi connectivity index (χ2n) is 4.30. The van der Waals surface area contributed by atoms with Crippen molar-refractivity contribution in [1.29, 1.82) is 0 Å². The van der Waals surface area contributed by atoms with Crippen LogP contribution in [0.25, 0.3) is 0 Å². The zero-order chi connectivity index (χ0) is 14.5. The first kappa shape index (κ1) is 15.6. The van der Waals surface area contributed by atoms with Crippen molar-refractivity contribution >= 4 is 15.7 Å². The summed E-state index contributed by atoms with van der Waals surface area (Å²) in [5, 5.41) is 2.48. The first-order chi connectivity index (χ1) is 8.81. The Kier molecular flexibility index (Phi) is 5.44. The molecule has 1 unspecified atom stereocenters. The molecule has 0 saturated carbocycles. The van der Waals surface area contributed by atoms with Gasteiger partial charge in [0.2, 0.25) is 5.91 Å². The first-order valence-corrected chi connectivity index (χ1v) is 7.47. The van der Waals surface area contributed by atoms with Gasteiger partial charge < -0.3 is 11.1 Å². The van der Waals surface area contributed by atoms with Gasteiger partial charge in [-0.25, -0.2) is 12.8 Å². The number of nitrogens with two attached hydrogens (primary N) is 1. The minimum Gasteiger partial charge on any atom is -0.355 e. The Bertz CT molecular complexity index is 526. The van der Waals surface area contributed by atoms with E-state index in [4.69, 9.17) is 5.73 Å². The molecule has 106 valence electrons. The molecule has 1 aromatic rings. The fourth-order valence-corrected chi connectivity index (χ4v) is 2.61. The zero-order valence-electron chi connectivity index (χ0n) is 10.6. The van der Waals surface area contributed by atoms with Crippen molar-refractivity contribution < 1.29 is 17.6 Å². The Hall–Kier alpha value is -1.47. The molecule has 0 aliphatic carbocycles. The standard InChI is InChI=1S/C12H17FN2O3S/c1-9(14)8-12(16)15-6-7-19(17,18)11-4-2-10(13)3-5-11/h2-5,9H,6-8,14H2,1H3,(H,15,16). The summed E-state index contributed by atoms with van der Waals surface area (Å²) in [7, 11) is -3.51. The number of halogens is 1. The number of rotatable bonds is 6. The molecule has 19 heavy (non-hydrogen) atoms. The summed E-state index contributed by atoms with van der Waals surface area (Å²) in [5.74, 6) is -1.02. The van der Waals surface area contributed by atoms with Gasteiger partial charge in [0.05, 0.1) is 10.6 Å². The van der Waals surface area contributed by atoms with Crippen LogP contribution in [0.1, 0.15) is 13.3 Å². The summed E-state index contributed by atoms with van der Waals surface area (Å²) in [6.07, 6.45) is 0.149. The van der Waals surface area contributed by atoms with E-state index in [9.17, 15) is 17.6 Å². The van der Waals surface area contributed by atoms with Gasteiger partial charge >= 0.3 is 0 Å². The second-order valence-corrected chi connectivity index (χ2v) is 6.41. The largest absolute Gasteiger partial charge is 0.355 e. The van der Waals surface area contributed by atoms with Gasteiger partial charge in [-0.15, -0.1) is 0 Å². The molecule has 0 bridgehead atoms. The Morgan fingerprint density at radius 3 is 2.47 bits per heavy atom. The third-order valence-electron chi connectivity index (χ3n) is 2.37. The zero-order valence-corrected chi connectivity index (χ0v) is 11.4. The molecule has 0 fully saturated rings. The summed E-state index contributed by atoms with van der Waals surface area (Å²) >= 11 is 0. The van der Waals surface area contributed by atoms with E-state index >= 15 is 0 Å². The molecule has 0 aliphatic heterocycles. The molecule has 1 rings (SSSR count). The summed E-state index contributed by atoms with van der Waals surface area (Å²) in [5.41, 5.74) is 5.44. The first-order valence-electron chi connectivity index (χ1n) is 5.82. The van der Waals surface area contributed by atoms with E-state index in [1.165, 1.54) is 12.1 Å². The SMILES string of the molecule is CC(N)CC(=O)NCCS(=O)(=O)c1ccc(F)cc1. The van der Waals surface area contributed by atoms with E-state index in [0.717, 1.165) is 12.1 Å². The quantitative estimate of drug-likeness (QED) is 0.744. The summed E-state index contributed by atoms with van der Waals surface area (Å²) < 4.78 is 36.4. The van der Waals surface area contributed by atoms with Crippen LogP contribution in [0.15, 0.2) is 29.2 Å². The van der Waals surface area contributed by atoms with E-state index in [-0.39, 0.29) is 35.6 Å². The highest BCUT2D eigenvalue weighted by Gasteiger charge is 2.14. The third kappa shape index (κ3) is 5.35. The minimum atomic E-state index is -3.51.